The van der Waals surface area contributed by atoms with Crippen LogP contribution in [0.4, 0.5) is 5.69 Å². The lowest BCUT2D eigenvalue weighted by molar-refractivity contribution is -0.119. The highest BCUT2D eigenvalue weighted by Crippen LogP contribution is 2.30. The van der Waals surface area contributed by atoms with E-state index in [-0.39, 0.29) is 6.54 Å². The predicted molar refractivity (Wildman–Crippen MR) is 111 cm³/mol. The van der Waals surface area contributed by atoms with Gasteiger partial charge in [0.15, 0.2) is 11.5 Å². The topological polar surface area (TPSA) is 97.3 Å². The average Bonchev–Trinajstić information content (AvgIpc) is 2.69. The van der Waals surface area contributed by atoms with Gasteiger partial charge >= 0.3 is 0 Å². The van der Waals surface area contributed by atoms with Crippen LogP contribution in [0.1, 0.15) is 18.1 Å². The Labute approximate surface area is 170 Å². The molecular formula is C20H23N3O5S. The molecule has 1 N–H and O–H groups in total. The van der Waals surface area contributed by atoms with Crippen molar-refractivity contribution in [3.63, 3.8) is 0 Å². The van der Waals surface area contributed by atoms with Gasteiger partial charge in [-0.05, 0) is 49.7 Å². The van der Waals surface area contributed by atoms with Crippen LogP contribution in [0.3, 0.4) is 0 Å². The molecule has 8 nitrogen and oxygen atoms in total. The van der Waals surface area contributed by atoms with E-state index >= 15 is 0 Å². The summed E-state index contributed by atoms with van der Waals surface area (Å²) >= 11 is 0. The summed E-state index contributed by atoms with van der Waals surface area (Å²) in [5, 5.41) is 4.09. The Bertz CT molecular complexity index is 1050. The Hall–Kier alpha value is -3.07. The lowest BCUT2D eigenvalue weighted by Crippen LogP contribution is -2.39. The Balaban J connectivity index is 1.71. The maximum Gasteiger partial charge on any atom is 0.260 e. The molecule has 1 aliphatic heterocycles. The van der Waals surface area contributed by atoms with Crippen molar-refractivity contribution in [2.24, 2.45) is 5.10 Å². The molecule has 2 aromatic carbocycles. The van der Waals surface area contributed by atoms with E-state index in [2.05, 4.69) is 10.5 Å². The summed E-state index contributed by atoms with van der Waals surface area (Å²) in [5.74, 6) is 0.741. The molecule has 0 radical (unpaired) electrons. The summed E-state index contributed by atoms with van der Waals surface area (Å²) < 4.78 is 36.4. The molecule has 1 aliphatic rings. The number of carbonyl (C=O) groups excluding carboxylic acids is 1. The van der Waals surface area contributed by atoms with Crippen molar-refractivity contribution in [1.82, 2.24) is 5.43 Å². The smallest absolute Gasteiger partial charge is 0.260 e. The minimum atomic E-state index is -3.64. The zero-order chi connectivity index (χ0) is 21.0. The van der Waals surface area contributed by atoms with Gasteiger partial charge in [0.25, 0.3) is 5.91 Å². The van der Waals surface area contributed by atoms with E-state index in [1.165, 1.54) is 0 Å². The molecule has 0 saturated carbocycles. The highest BCUT2D eigenvalue weighted by atomic mass is 32.2. The number of hydrazone groups is 1. The monoisotopic (exact) mass is 417 g/mol. The fraction of sp³-hybridized carbons (Fsp3) is 0.300. The van der Waals surface area contributed by atoms with E-state index in [0.717, 1.165) is 21.7 Å². The van der Waals surface area contributed by atoms with Gasteiger partial charge in [-0.15, -0.1) is 0 Å². The summed E-state index contributed by atoms with van der Waals surface area (Å²) in [6.45, 7) is 4.20. The van der Waals surface area contributed by atoms with Crippen molar-refractivity contribution in [3.05, 3.63) is 53.6 Å². The van der Waals surface area contributed by atoms with Crippen LogP contribution in [0, 0.1) is 6.92 Å². The first-order valence-electron chi connectivity index (χ1n) is 9.01. The standard InChI is InChI=1S/C20H23N3O5S/c1-14-5-4-6-17(11-14)23(29(3,25)26)13-20(24)22-21-15(2)16-7-8-18-19(12-16)28-10-9-27-18/h4-8,11-12H,9-10,13H2,1-3H3,(H,22,24)/b21-15-. The molecule has 0 aromatic heterocycles. The highest BCUT2D eigenvalue weighted by molar-refractivity contribution is 7.92. The minimum absolute atomic E-state index is 0.375. The molecule has 0 atom stereocenters. The van der Waals surface area contributed by atoms with E-state index in [9.17, 15) is 13.2 Å². The number of hydrogen-bond acceptors (Lipinski definition) is 6. The predicted octanol–water partition coefficient (Wildman–Crippen LogP) is 2.07. The van der Waals surface area contributed by atoms with E-state index in [1.807, 2.05) is 19.1 Å². The zero-order valence-electron chi connectivity index (χ0n) is 16.5. The van der Waals surface area contributed by atoms with Gasteiger partial charge in [0, 0.05) is 5.56 Å². The SMILES string of the molecule is C/C(=N/NC(=O)CN(c1cccc(C)c1)S(C)(=O)=O)c1ccc2c(c1)OCCO2. The molecular weight excluding hydrogens is 394 g/mol. The number of nitrogens with one attached hydrogen (secondary N) is 1. The van der Waals surface area contributed by atoms with Crippen molar-refractivity contribution in [1.29, 1.82) is 0 Å². The van der Waals surface area contributed by atoms with Gasteiger partial charge in [-0.25, -0.2) is 13.8 Å². The lowest BCUT2D eigenvalue weighted by Gasteiger charge is -2.21. The maximum atomic E-state index is 12.4. The molecule has 9 heteroatoms. The second-order valence-corrected chi connectivity index (χ2v) is 8.61. The number of rotatable bonds is 6. The number of sulfonamides is 1. The van der Waals surface area contributed by atoms with E-state index in [4.69, 9.17) is 9.47 Å². The molecule has 0 saturated heterocycles. The maximum absolute atomic E-state index is 12.4. The first-order chi connectivity index (χ1) is 13.7. The molecule has 1 heterocycles. The number of ether oxygens (including phenoxy) is 2. The lowest BCUT2D eigenvalue weighted by atomic mass is 10.1. The highest BCUT2D eigenvalue weighted by Gasteiger charge is 2.21. The number of benzene rings is 2. The number of hydrogen-bond donors (Lipinski definition) is 1. The van der Waals surface area contributed by atoms with E-state index in [1.54, 1.807) is 37.3 Å². The normalized spacial score (nSPS) is 13.7. The van der Waals surface area contributed by atoms with Crippen molar-refractivity contribution in [2.75, 3.05) is 30.3 Å². The Kier molecular flexibility index (Phi) is 6.07. The number of fused-ring (bicyclic) bond motifs is 1. The molecule has 154 valence electrons. The van der Waals surface area contributed by atoms with Crippen LogP contribution in [-0.2, 0) is 14.8 Å². The molecule has 2 aromatic rings. The summed E-state index contributed by atoms with van der Waals surface area (Å²) in [6, 6.07) is 12.3. The third-order valence-corrected chi connectivity index (χ3v) is 5.43. The average molecular weight is 417 g/mol. The van der Waals surface area contributed by atoms with Gasteiger partial charge in [-0.3, -0.25) is 9.10 Å². The van der Waals surface area contributed by atoms with Gasteiger partial charge in [0.1, 0.15) is 19.8 Å². The van der Waals surface area contributed by atoms with Gasteiger partial charge in [0.05, 0.1) is 17.7 Å². The van der Waals surface area contributed by atoms with Crippen LogP contribution >= 0.6 is 0 Å². The van der Waals surface area contributed by atoms with Crippen molar-refractivity contribution in [3.8, 4) is 11.5 Å². The Morgan fingerprint density at radius 3 is 2.55 bits per heavy atom. The molecule has 3 rings (SSSR count). The number of amides is 1. The second-order valence-electron chi connectivity index (χ2n) is 6.70. The van der Waals surface area contributed by atoms with Gasteiger partial charge in [-0.2, -0.15) is 5.10 Å². The van der Waals surface area contributed by atoms with Gasteiger partial charge in [-0.1, -0.05) is 12.1 Å². The third kappa shape index (κ3) is 5.26. The van der Waals surface area contributed by atoms with Gasteiger partial charge < -0.3 is 9.47 Å². The van der Waals surface area contributed by atoms with Crippen molar-refractivity contribution >= 4 is 27.3 Å². The Morgan fingerprint density at radius 1 is 1.14 bits per heavy atom. The number of nitrogens with zero attached hydrogens (tertiary/aromatic N) is 2. The van der Waals surface area contributed by atoms with Crippen LogP contribution in [0.15, 0.2) is 47.6 Å². The van der Waals surface area contributed by atoms with Crippen LogP contribution in [0.2, 0.25) is 0 Å². The van der Waals surface area contributed by atoms with Crippen LogP contribution < -0.4 is 19.2 Å². The number of anilines is 1. The van der Waals surface area contributed by atoms with Crippen LogP contribution in [0.25, 0.3) is 0 Å². The van der Waals surface area contributed by atoms with Gasteiger partial charge in [0.2, 0.25) is 10.0 Å². The molecule has 1 amide bonds. The second kappa shape index (κ2) is 8.52. The fourth-order valence-electron chi connectivity index (χ4n) is 2.83. The Morgan fingerprint density at radius 2 is 1.86 bits per heavy atom. The minimum Gasteiger partial charge on any atom is -0.486 e. The fourth-order valence-corrected chi connectivity index (χ4v) is 3.68. The molecule has 0 fully saturated rings. The number of aryl methyl sites for hydroxylation is 1. The number of carbonyl (C=O) groups is 1. The molecule has 0 unspecified atom stereocenters. The summed E-state index contributed by atoms with van der Waals surface area (Å²) in [6.07, 6.45) is 1.06. The summed E-state index contributed by atoms with van der Waals surface area (Å²) in [4.78, 5) is 12.4. The first kappa shape index (κ1) is 20.7. The third-order valence-electron chi connectivity index (χ3n) is 4.29. The molecule has 0 spiro atoms. The summed E-state index contributed by atoms with van der Waals surface area (Å²) in [5.41, 5.74) is 5.05. The quantitative estimate of drug-likeness (QED) is 0.573. The first-order valence-corrected chi connectivity index (χ1v) is 10.9. The molecule has 0 bridgehead atoms. The largest absolute Gasteiger partial charge is 0.486 e. The van der Waals surface area contributed by atoms with E-state index < -0.39 is 15.9 Å². The van der Waals surface area contributed by atoms with E-state index in [0.29, 0.717) is 36.1 Å². The summed E-state index contributed by atoms with van der Waals surface area (Å²) in [7, 11) is -3.64. The zero-order valence-corrected chi connectivity index (χ0v) is 17.3. The van der Waals surface area contributed by atoms with Crippen LogP contribution in [0.5, 0.6) is 11.5 Å². The van der Waals surface area contributed by atoms with Crippen LogP contribution in [-0.4, -0.2) is 46.1 Å². The molecule has 29 heavy (non-hydrogen) atoms. The van der Waals surface area contributed by atoms with Crippen molar-refractivity contribution < 1.29 is 22.7 Å². The molecule has 0 aliphatic carbocycles. The van der Waals surface area contributed by atoms with Crippen molar-refractivity contribution in [2.45, 2.75) is 13.8 Å².